The van der Waals surface area contributed by atoms with Crippen molar-refractivity contribution in [3.63, 3.8) is 0 Å². The van der Waals surface area contributed by atoms with Crippen molar-refractivity contribution >= 4 is 0 Å². The average molecular weight is 287 g/mol. The van der Waals surface area contributed by atoms with Crippen molar-refractivity contribution in [2.75, 3.05) is 20.8 Å². The van der Waals surface area contributed by atoms with E-state index in [1.54, 1.807) is 20.4 Å². The molecule has 0 radical (unpaired) electrons. The van der Waals surface area contributed by atoms with Gasteiger partial charge in [-0.15, -0.1) is 0 Å². The second-order valence-corrected chi connectivity index (χ2v) is 4.63. The van der Waals surface area contributed by atoms with Gasteiger partial charge in [-0.05, 0) is 31.7 Å². The van der Waals surface area contributed by atoms with Crippen molar-refractivity contribution in [2.24, 2.45) is 0 Å². The molecule has 0 bridgehead atoms. The third-order valence-electron chi connectivity index (χ3n) is 3.25. The zero-order chi connectivity index (χ0) is 15.2. The molecule has 1 heterocycles. The highest BCUT2D eigenvalue weighted by Gasteiger charge is 2.19. The molecule has 0 saturated heterocycles. The van der Waals surface area contributed by atoms with Crippen LogP contribution in [0.5, 0.6) is 11.5 Å². The van der Waals surface area contributed by atoms with Gasteiger partial charge in [-0.25, -0.2) is 9.97 Å². The number of hydrogen-bond acceptors (Lipinski definition) is 5. The summed E-state index contributed by atoms with van der Waals surface area (Å²) in [5.41, 5.74) is 1.95. The molecule has 0 aliphatic heterocycles. The topological polar surface area (TPSA) is 56.3 Å². The quantitative estimate of drug-likeness (QED) is 0.884. The van der Waals surface area contributed by atoms with Crippen molar-refractivity contribution in [1.29, 1.82) is 0 Å². The summed E-state index contributed by atoms with van der Waals surface area (Å²) in [5, 5.41) is 3.44. The number of methoxy groups -OCH3 is 2. The van der Waals surface area contributed by atoms with Crippen LogP contribution in [0.1, 0.15) is 30.0 Å². The van der Waals surface area contributed by atoms with Crippen molar-refractivity contribution in [1.82, 2.24) is 15.3 Å². The first-order chi connectivity index (χ1) is 10.2. The highest BCUT2D eigenvalue weighted by Crippen LogP contribution is 2.32. The van der Waals surface area contributed by atoms with Crippen LogP contribution < -0.4 is 14.8 Å². The number of nitrogens with zero attached hydrogens (tertiary/aromatic N) is 2. The van der Waals surface area contributed by atoms with Crippen molar-refractivity contribution in [3.8, 4) is 11.5 Å². The lowest BCUT2D eigenvalue weighted by Crippen LogP contribution is -2.23. The Morgan fingerprint density at radius 3 is 2.62 bits per heavy atom. The van der Waals surface area contributed by atoms with E-state index < -0.39 is 0 Å². The van der Waals surface area contributed by atoms with Crippen LogP contribution in [-0.2, 0) is 0 Å². The van der Waals surface area contributed by atoms with Crippen molar-refractivity contribution in [2.45, 2.75) is 19.9 Å². The molecule has 21 heavy (non-hydrogen) atoms. The summed E-state index contributed by atoms with van der Waals surface area (Å²) in [7, 11) is 3.30. The minimum Gasteiger partial charge on any atom is -0.497 e. The Morgan fingerprint density at radius 1 is 1.19 bits per heavy atom. The van der Waals surface area contributed by atoms with E-state index in [0.717, 1.165) is 35.1 Å². The fourth-order valence-electron chi connectivity index (χ4n) is 2.27. The Balaban J connectivity index is 2.47. The average Bonchev–Trinajstić information content (AvgIpc) is 2.52. The van der Waals surface area contributed by atoms with E-state index in [1.165, 1.54) is 0 Å². The lowest BCUT2D eigenvalue weighted by Gasteiger charge is -2.21. The predicted molar refractivity (Wildman–Crippen MR) is 81.8 cm³/mol. The molecule has 1 aromatic carbocycles. The van der Waals surface area contributed by atoms with Crippen LogP contribution in [0.15, 0.2) is 30.5 Å². The normalized spacial score (nSPS) is 12.0. The van der Waals surface area contributed by atoms with Gasteiger partial charge in [0.2, 0.25) is 0 Å². The third-order valence-corrected chi connectivity index (χ3v) is 3.25. The van der Waals surface area contributed by atoms with Gasteiger partial charge in [0.05, 0.1) is 26.0 Å². The standard InChI is InChI=1S/C16H21N3O2/c1-5-17-16(14-8-9-18-11(2)19-14)13-7-6-12(20-3)10-15(13)21-4/h6-10,16-17H,5H2,1-4H3. The van der Waals surface area contributed by atoms with Gasteiger partial charge in [0.25, 0.3) is 0 Å². The summed E-state index contributed by atoms with van der Waals surface area (Å²) < 4.78 is 10.8. The van der Waals surface area contributed by atoms with E-state index in [9.17, 15) is 0 Å². The molecule has 1 aromatic heterocycles. The molecular formula is C16H21N3O2. The Kier molecular flexibility index (Phi) is 5.11. The van der Waals surface area contributed by atoms with E-state index in [-0.39, 0.29) is 6.04 Å². The Hall–Kier alpha value is -2.14. The lowest BCUT2D eigenvalue weighted by molar-refractivity contribution is 0.387. The molecular weight excluding hydrogens is 266 g/mol. The number of benzene rings is 1. The summed E-state index contributed by atoms with van der Waals surface area (Å²) in [6.07, 6.45) is 1.78. The molecule has 5 heteroatoms. The molecule has 2 rings (SSSR count). The first kappa shape index (κ1) is 15.3. The minimum atomic E-state index is -0.0439. The van der Waals surface area contributed by atoms with Gasteiger partial charge in [-0.1, -0.05) is 6.92 Å². The molecule has 0 aliphatic rings. The van der Waals surface area contributed by atoms with Crippen LogP contribution >= 0.6 is 0 Å². The zero-order valence-electron chi connectivity index (χ0n) is 12.9. The van der Waals surface area contributed by atoms with Gasteiger partial charge >= 0.3 is 0 Å². The fraction of sp³-hybridized carbons (Fsp3) is 0.375. The number of ether oxygens (including phenoxy) is 2. The number of aryl methyl sites for hydroxylation is 1. The lowest BCUT2D eigenvalue weighted by atomic mass is 10.0. The van der Waals surface area contributed by atoms with Gasteiger partial charge in [0.15, 0.2) is 0 Å². The smallest absolute Gasteiger partial charge is 0.127 e. The maximum atomic E-state index is 5.50. The Bertz CT molecular complexity index is 602. The second-order valence-electron chi connectivity index (χ2n) is 4.63. The van der Waals surface area contributed by atoms with Gasteiger partial charge in [-0.3, -0.25) is 0 Å². The van der Waals surface area contributed by atoms with E-state index >= 15 is 0 Å². The van der Waals surface area contributed by atoms with Gasteiger partial charge in [0, 0.05) is 17.8 Å². The molecule has 0 saturated carbocycles. The van der Waals surface area contributed by atoms with Crippen LogP contribution in [0.25, 0.3) is 0 Å². The minimum absolute atomic E-state index is 0.0439. The molecule has 2 aromatic rings. The first-order valence-electron chi connectivity index (χ1n) is 6.94. The van der Waals surface area contributed by atoms with Crippen molar-refractivity contribution < 1.29 is 9.47 Å². The largest absolute Gasteiger partial charge is 0.497 e. The van der Waals surface area contributed by atoms with Gasteiger partial charge in [-0.2, -0.15) is 0 Å². The fourth-order valence-corrected chi connectivity index (χ4v) is 2.27. The van der Waals surface area contributed by atoms with Gasteiger partial charge in [0.1, 0.15) is 17.3 Å². The van der Waals surface area contributed by atoms with Crippen LogP contribution in [0, 0.1) is 6.92 Å². The summed E-state index contributed by atoms with van der Waals surface area (Å²) in [6.45, 7) is 4.78. The maximum absolute atomic E-state index is 5.50. The van der Waals surface area contributed by atoms with Gasteiger partial charge < -0.3 is 14.8 Å². The molecule has 5 nitrogen and oxygen atoms in total. The maximum Gasteiger partial charge on any atom is 0.127 e. The molecule has 0 fully saturated rings. The van der Waals surface area contributed by atoms with E-state index in [4.69, 9.17) is 9.47 Å². The number of rotatable bonds is 6. The number of hydrogen-bond donors (Lipinski definition) is 1. The first-order valence-corrected chi connectivity index (χ1v) is 6.94. The monoisotopic (exact) mass is 287 g/mol. The molecule has 112 valence electrons. The molecule has 0 amide bonds. The SMILES string of the molecule is CCNC(c1ccnc(C)n1)c1ccc(OC)cc1OC. The van der Waals surface area contributed by atoms with Crippen LogP contribution in [0.2, 0.25) is 0 Å². The molecule has 1 N–H and O–H groups in total. The molecule has 0 spiro atoms. The molecule has 0 aliphatic carbocycles. The summed E-state index contributed by atoms with van der Waals surface area (Å²) in [4.78, 5) is 8.68. The molecule has 1 unspecified atom stereocenters. The van der Waals surface area contributed by atoms with Crippen molar-refractivity contribution in [3.05, 3.63) is 47.5 Å². The highest BCUT2D eigenvalue weighted by atomic mass is 16.5. The predicted octanol–water partition coefficient (Wildman–Crippen LogP) is 2.50. The molecule has 1 atom stereocenters. The van der Waals surface area contributed by atoms with Crippen LogP contribution in [-0.4, -0.2) is 30.7 Å². The van der Waals surface area contributed by atoms with Crippen LogP contribution in [0.3, 0.4) is 0 Å². The van der Waals surface area contributed by atoms with Crippen LogP contribution in [0.4, 0.5) is 0 Å². The summed E-state index contributed by atoms with van der Waals surface area (Å²) in [6, 6.07) is 7.69. The Labute approximate surface area is 125 Å². The third kappa shape index (κ3) is 3.49. The Morgan fingerprint density at radius 2 is 2.00 bits per heavy atom. The second kappa shape index (κ2) is 7.04. The van der Waals surface area contributed by atoms with E-state index in [1.807, 2.05) is 31.2 Å². The van der Waals surface area contributed by atoms with E-state index in [2.05, 4.69) is 22.2 Å². The van der Waals surface area contributed by atoms with E-state index in [0.29, 0.717) is 0 Å². The summed E-state index contributed by atoms with van der Waals surface area (Å²) >= 11 is 0. The zero-order valence-corrected chi connectivity index (χ0v) is 12.9. The summed E-state index contributed by atoms with van der Waals surface area (Å²) in [5.74, 6) is 2.30. The number of nitrogens with one attached hydrogen (secondary N) is 1. The number of aromatic nitrogens is 2. The highest BCUT2D eigenvalue weighted by molar-refractivity contribution is 5.45.